The number of hydrogen-bond acceptors (Lipinski definition) is 1. The summed E-state index contributed by atoms with van der Waals surface area (Å²) in [5.41, 5.74) is 2.04. The third-order valence-electron chi connectivity index (χ3n) is 1.57. The van der Waals surface area contributed by atoms with Gasteiger partial charge in [-0.2, -0.15) is 0 Å². The average Bonchev–Trinajstić information content (AvgIpc) is 1.99. The van der Waals surface area contributed by atoms with Crippen LogP contribution < -0.4 is 0 Å². The minimum Gasteiger partial charge on any atom is -0.143 e. The van der Waals surface area contributed by atoms with Crippen molar-refractivity contribution in [1.82, 2.24) is 0 Å². The topological polar surface area (TPSA) is 0 Å². The van der Waals surface area contributed by atoms with Gasteiger partial charge in [-0.15, -0.1) is 12.6 Å². The molecule has 0 aromatic heterocycles. The normalized spacial score (nSPS) is 13.0. The molecule has 0 N–H and O–H groups in total. The number of alkyl halides is 6. The summed E-state index contributed by atoms with van der Waals surface area (Å²) in [4.78, 5) is 0.882. The highest BCUT2D eigenvalue weighted by Crippen LogP contribution is 2.49. The molecule has 0 unspecified atom stereocenters. The van der Waals surface area contributed by atoms with Gasteiger partial charge < -0.3 is 0 Å². The highest BCUT2D eigenvalue weighted by molar-refractivity contribution is 9.39. The maximum Gasteiger partial charge on any atom is 0.159 e. The zero-order valence-electron chi connectivity index (χ0n) is 6.95. The number of rotatable bonds is 0. The summed E-state index contributed by atoms with van der Waals surface area (Å²) in [7, 11) is 0. The van der Waals surface area contributed by atoms with Crippen molar-refractivity contribution in [3.8, 4) is 0 Å². The summed E-state index contributed by atoms with van der Waals surface area (Å²) in [5, 5.41) is 0. The molecule has 0 atom stereocenters. The van der Waals surface area contributed by atoms with Gasteiger partial charge in [0.1, 0.15) is 0 Å². The lowest BCUT2D eigenvalue weighted by molar-refractivity contribution is 1.23. The summed E-state index contributed by atoms with van der Waals surface area (Å²) in [5.74, 6) is 0. The van der Waals surface area contributed by atoms with Crippen molar-refractivity contribution in [2.24, 2.45) is 0 Å². The number of hydrogen-bond donors (Lipinski definition) is 1. The van der Waals surface area contributed by atoms with Crippen LogP contribution in [0.3, 0.4) is 0 Å². The van der Waals surface area contributed by atoms with E-state index in [1.807, 2.05) is 18.2 Å². The van der Waals surface area contributed by atoms with Crippen LogP contribution in [0.1, 0.15) is 11.1 Å². The lowest BCUT2D eigenvalue weighted by Crippen LogP contribution is -2.03. The molecule has 0 radical (unpaired) electrons. The molecule has 7 heteroatoms. The zero-order chi connectivity index (χ0) is 11.9. The number of halogens is 6. The average molecular weight is 612 g/mol. The first-order valence-corrected chi connectivity index (χ1v) is 8.79. The predicted molar refractivity (Wildman–Crippen MR) is 90.6 cm³/mol. The molecule has 0 spiro atoms. The molecule has 1 aromatic carbocycles. The van der Waals surface area contributed by atoms with Crippen molar-refractivity contribution in [2.75, 3.05) is 0 Å². The molecule has 15 heavy (non-hydrogen) atoms. The number of thiol groups is 1. The first kappa shape index (κ1) is 15.5. The monoisotopic (exact) mass is 606 g/mol. The lowest BCUT2D eigenvalue weighted by Gasteiger charge is -2.19. The molecule has 1 aromatic rings. The third-order valence-corrected chi connectivity index (χ3v) is 4.58. The maximum absolute atomic E-state index is 4.36. The van der Waals surface area contributed by atoms with Crippen LogP contribution in [-0.4, -0.2) is 0 Å². The van der Waals surface area contributed by atoms with Gasteiger partial charge in [0, 0.05) is 4.90 Å². The standard InChI is InChI=1S/C8H4Br6S/c9-7(10,11)4-1-5(8(12,13)14)3-6(15)2-4/h1-3,15H. The van der Waals surface area contributed by atoms with Gasteiger partial charge in [-0.1, -0.05) is 95.6 Å². The Morgan fingerprint density at radius 2 is 1.07 bits per heavy atom. The van der Waals surface area contributed by atoms with Crippen molar-refractivity contribution >= 4 is 108 Å². The Hall–Kier alpha value is 2.45. The molecule has 1 rings (SSSR count). The lowest BCUT2D eigenvalue weighted by atomic mass is 10.2. The molecule has 84 valence electrons. The quantitative estimate of drug-likeness (QED) is 0.249. The van der Waals surface area contributed by atoms with E-state index >= 15 is 0 Å². The SMILES string of the molecule is Sc1cc(C(Br)(Br)Br)cc(C(Br)(Br)Br)c1. The molecule has 0 saturated carbocycles. The van der Waals surface area contributed by atoms with E-state index in [1.54, 1.807) is 0 Å². The van der Waals surface area contributed by atoms with Crippen molar-refractivity contribution in [1.29, 1.82) is 0 Å². The summed E-state index contributed by atoms with van der Waals surface area (Å²) in [6, 6.07) is 5.95. The van der Waals surface area contributed by atoms with Gasteiger partial charge in [0.15, 0.2) is 4.29 Å². The van der Waals surface area contributed by atoms with E-state index in [1.165, 1.54) is 0 Å². The van der Waals surface area contributed by atoms with Crippen LogP contribution in [0.2, 0.25) is 0 Å². The fraction of sp³-hybridized carbons (Fsp3) is 0.250. The fourth-order valence-electron chi connectivity index (χ4n) is 0.939. The van der Waals surface area contributed by atoms with Crippen LogP contribution in [0.15, 0.2) is 23.1 Å². The van der Waals surface area contributed by atoms with E-state index in [2.05, 4.69) is 108 Å². The van der Waals surface area contributed by atoms with Gasteiger partial charge in [0.2, 0.25) is 0 Å². The smallest absolute Gasteiger partial charge is 0.143 e. The molecule has 0 nitrogen and oxygen atoms in total. The Morgan fingerprint density at radius 3 is 1.33 bits per heavy atom. The Balaban J connectivity index is 3.30. The van der Waals surface area contributed by atoms with Crippen LogP contribution in [-0.2, 0) is 4.29 Å². The highest BCUT2D eigenvalue weighted by atomic mass is 80.0. The second-order valence-electron chi connectivity index (χ2n) is 2.76. The molecule has 0 saturated heterocycles. The molecule has 0 fully saturated rings. The Labute approximate surface area is 145 Å². The Morgan fingerprint density at radius 1 is 0.733 bits per heavy atom. The van der Waals surface area contributed by atoms with Gasteiger partial charge in [-0.25, -0.2) is 0 Å². The van der Waals surface area contributed by atoms with Crippen LogP contribution in [0.5, 0.6) is 0 Å². The first-order chi connectivity index (χ1) is 6.60. The largest absolute Gasteiger partial charge is 0.159 e. The van der Waals surface area contributed by atoms with Crippen LogP contribution in [0.4, 0.5) is 0 Å². The summed E-state index contributed by atoms with van der Waals surface area (Å²) < 4.78 is -0.864. The second-order valence-corrected chi connectivity index (χ2v) is 16.8. The molecule has 0 aliphatic carbocycles. The van der Waals surface area contributed by atoms with E-state index < -0.39 is 4.29 Å². The molecular weight excluding hydrogens is 608 g/mol. The molecule has 0 amide bonds. The van der Waals surface area contributed by atoms with E-state index in [4.69, 9.17) is 0 Å². The predicted octanol–water partition coefficient (Wildman–Crippen LogP) is 6.57. The maximum atomic E-state index is 4.36. The number of benzene rings is 1. The minimum atomic E-state index is -0.432. The van der Waals surface area contributed by atoms with E-state index in [-0.39, 0.29) is 0 Å². The first-order valence-electron chi connectivity index (χ1n) is 3.59. The summed E-state index contributed by atoms with van der Waals surface area (Å²) in [6.45, 7) is 0. The van der Waals surface area contributed by atoms with Gasteiger partial charge in [0.25, 0.3) is 0 Å². The van der Waals surface area contributed by atoms with Crippen molar-refractivity contribution < 1.29 is 0 Å². The molecule has 0 heterocycles. The molecule has 0 aliphatic heterocycles. The molecule has 0 bridgehead atoms. The zero-order valence-corrected chi connectivity index (χ0v) is 17.4. The van der Waals surface area contributed by atoms with Crippen molar-refractivity contribution in [2.45, 2.75) is 9.18 Å². The second kappa shape index (κ2) is 5.61. The fourth-order valence-corrected chi connectivity index (χ4v) is 2.59. The molecule has 0 aliphatic rings. The van der Waals surface area contributed by atoms with Gasteiger partial charge in [0.05, 0.1) is 0 Å². The van der Waals surface area contributed by atoms with Crippen molar-refractivity contribution in [3.63, 3.8) is 0 Å². The minimum absolute atomic E-state index is 0.432. The van der Waals surface area contributed by atoms with E-state index in [9.17, 15) is 0 Å². The van der Waals surface area contributed by atoms with Gasteiger partial charge in [-0.3, -0.25) is 0 Å². The summed E-state index contributed by atoms with van der Waals surface area (Å²) >= 11 is 25.2. The van der Waals surface area contributed by atoms with Crippen LogP contribution in [0.25, 0.3) is 0 Å². The van der Waals surface area contributed by atoms with Gasteiger partial charge in [-0.05, 0) is 29.3 Å². The van der Waals surface area contributed by atoms with E-state index in [0.29, 0.717) is 0 Å². The van der Waals surface area contributed by atoms with Gasteiger partial charge >= 0.3 is 0 Å². The third kappa shape index (κ3) is 4.91. The Kier molecular flexibility index (Phi) is 5.80. The van der Waals surface area contributed by atoms with Crippen LogP contribution >= 0.6 is 108 Å². The van der Waals surface area contributed by atoms with Crippen LogP contribution in [0, 0.1) is 0 Å². The highest BCUT2D eigenvalue weighted by Gasteiger charge is 2.26. The Bertz CT molecular complexity index is 332. The van der Waals surface area contributed by atoms with Crippen molar-refractivity contribution in [3.05, 3.63) is 29.3 Å². The molecular formula is C8H4Br6S. The summed E-state index contributed by atoms with van der Waals surface area (Å²) in [6.07, 6.45) is 0. The van der Waals surface area contributed by atoms with E-state index in [0.717, 1.165) is 16.0 Å².